The van der Waals surface area contributed by atoms with Crippen LogP contribution in [0.15, 0.2) is 109 Å². The van der Waals surface area contributed by atoms with Gasteiger partial charge in [-0.2, -0.15) is 0 Å². The Morgan fingerprint density at radius 2 is 1.12 bits per heavy atom. The van der Waals surface area contributed by atoms with Crippen molar-refractivity contribution < 1.29 is 6.85 Å². The van der Waals surface area contributed by atoms with Crippen LogP contribution in [-0.2, 0) is 16.2 Å². The number of rotatable bonds is 3. The van der Waals surface area contributed by atoms with Crippen molar-refractivity contribution in [1.29, 1.82) is 0 Å². The molecule has 5 aromatic carbocycles. The van der Waals surface area contributed by atoms with E-state index in [0.717, 1.165) is 44.2 Å². The normalized spacial score (nSPS) is 14.4. The molecule has 218 valence electrons. The summed E-state index contributed by atoms with van der Waals surface area (Å²) in [5.74, 6) is 0. The topological polar surface area (TPSA) is 4.93 Å². The van der Waals surface area contributed by atoms with Crippen molar-refractivity contribution in [3.63, 3.8) is 0 Å². The molecule has 0 aliphatic rings. The second-order valence-electron chi connectivity index (χ2n) is 14.8. The van der Waals surface area contributed by atoms with E-state index in [1.54, 1.807) is 0 Å². The zero-order valence-corrected chi connectivity index (χ0v) is 27.0. The minimum Gasteiger partial charge on any atom is -0.309 e. The molecule has 0 radical (unpaired) electrons. The minimum absolute atomic E-state index is 0.0628. The van der Waals surface area contributed by atoms with Crippen molar-refractivity contribution >= 4 is 21.8 Å². The molecule has 0 saturated carbocycles. The van der Waals surface area contributed by atoms with Crippen LogP contribution in [0.4, 0.5) is 0 Å². The summed E-state index contributed by atoms with van der Waals surface area (Å²) in [4.78, 5) is 0. The fraction of sp³-hybridized carbons (Fsp3) is 0.286. The average Bonchev–Trinajstić information content (AvgIpc) is 3.36. The van der Waals surface area contributed by atoms with E-state index in [1.807, 2.05) is 24.3 Å². The van der Waals surface area contributed by atoms with E-state index in [2.05, 4.69) is 121 Å². The van der Waals surface area contributed by atoms with Gasteiger partial charge < -0.3 is 4.57 Å². The van der Waals surface area contributed by atoms with E-state index in [0.29, 0.717) is 5.56 Å². The summed E-state index contributed by atoms with van der Waals surface area (Å²) in [7, 11) is 0. The van der Waals surface area contributed by atoms with Gasteiger partial charge >= 0.3 is 0 Å². The van der Waals surface area contributed by atoms with Gasteiger partial charge in [0.25, 0.3) is 0 Å². The Kier molecular flexibility index (Phi) is 5.58. The summed E-state index contributed by atoms with van der Waals surface area (Å²) in [6.45, 7) is 20.0. The second-order valence-corrected chi connectivity index (χ2v) is 14.8. The molecular weight excluding hydrogens is 518 g/mol. The van der Waals surface area contributed by atoms with Gasteiger partial charge in [-0.05, 0) is 79.5 Å². The first kappa shape index (κ1) is 23.4. The lowest BCUT2D eigenvalue weighted by atomic mass is 9.77. The van der Waals surface area contributed by atoms with Crippen LogP contribution in [0.3, 0.4) is 0 Å². The lowest BCUT2D eigenvalue weighted by Gasteiger charge is -2.27. The zero-order chi connectivity index (χ0) is 35.1. The summed E-state index contributed by atoms with van der Waals surface area (Å²) < 4.78 is 45.4. The van der Waals surface area contributed by atoms with Crippen LogP contribution in [0.1, 0.15) is 85.9 Å². The summed E-state index contributed by atoms with van der Waals surface area (Å²) in [6, 6.07) is 26.4. The molecule has 1 aromatic heterocycles. The average molecular weight is 569 g/mol. The standard InChI is InChI=1S/C42H45N/c1-40(2,3)30-25-29(26-31(27-30)41(4,5)6)33-21-16-22-35-37(33)38-36(43(35)32-19-14-11-15-20-32)24-23-34(39(38)42(7,8)9)28-17-12-10-13-18-28/h10-27H,1-9H3/i10D,12D,13D,17D,18D. The van der Waals surface area contributed by atoms with Crippen LogP contribution in [0, 0.1) is 0 Å². The zero-order valence-electron chi connectivity index (χ0n) is 32.0. The van der Waals surface area contributed by atoms with Gasteiger partial charge in [0.2, 0.25) is 0 Å². The summed E-state index contributed by atoms with van der Waals surface area (Å²) in [6.07, 6.45) is 0. The Bertz CT molecular complexity index is 2160. The maximum atomic E-state index is 8.95. The van der Waals surface area contributed by atoms with Crippen LogP contribution in [0.25, 0.3) is 49.7 Å². The van der Waals surface area contributed by atoms with Crippen molar-refractivity contribution in [2.24, 2.45) is 0 Å². The molecular formula is C42H45N. The lowest BCUT2D eigenvalue weighted by Crippen LogP contribution is -2.16. The first-order valence-corrected chi connectivity index (χ1v) is 15.2. The Labute approximate surface area is 265 Å². The van der Waals surface area contributed by atoms with E-state index in [4.69, 9.17) is 6.85 Å². The molecule has 0 amide bonds. The molecule has 0 atom stereocenters. The molecule has 1 nitrogen and oxygen atoms in total. The Morgan fingerprint density at radius 3 is 1.70 bits per heavy atom. The molecule has 1 heterocycles. The fourth-order valence-corrected chi connectivity index (χ4v) is 6.27. The highest BCUT2D eigenvalue weighted by molar-refractivity contribution is 6.18. The SMILES string of the molecule is [2H]c1c([2H])c([2H])c(-c2ccc3c(c2C(C)(C)C)c2c(-c4cc(C(C)(C)C)cc(C(C)(C)C)c4)cccc2n3-c2ccccc2)c([2H])c1[2H]. The summed E-state index contributed by atoms with van der Waals surface area (Å²) >= 11 is 0. The Balaban J connectivity index is 1.88. The van der Waals surface area contributed by atoms with Gasteiger partial charge in [0, 0.05) is 16.5 Å². The molecule has 43 heavy (non-hydrogen) atoms. The van der Waals surface area contributed by atoms with Crippen molar-refractivity contribution in [2.45, 2.75) is 78.6 Å². The third kappa shape index (κ3) is 5.20. The van der Waals surface area contributed by atoms with Crippen molar-refractivity contribution in [3.8, 4) is 27.9 Å². The number of hydrogen-bond acceptors (Lipinski definition) is 0. The fourth-order valence-electron chi connectivity index (χ4n) is 6.27. The van der Waals surface area contributed by atoms with E-state index in [9.17, 15) is 0 Å². The van der Waals surface area contributed by atoms with Gasteiger partial charge in [-0.1, -0.05) is 147 Å². The second kappa shape index (κ2) is 10.3. The molecule has 0 fully saturated rings. The van der Waals surface area contributed by atoms with Gasteiger partial charge in [0.1, 0.15) is 0 Å². The highest BCUT2D eigenvalue weighted by Crippen LogP contribution is 2.47. The van der Waals surface area contributed by atoms with E-state index >= 15 is 0 Å². The van der Waals surface area contributed by atoms with Gasteiger partial charge in [0.15, 0.2) is 0 Å². The van der Waals surface area contributed by atoms with Crippen LogP contribution in [0.5, 0.6) is 0 Å². The van der Waals surface area contributed by atoms with E-state index in [1.165, 1.54) is 11.1 Å². The third-order valence-electron chi connectivity index (χ3n) is 8.47. The number of aromatic nitrogens is 1. The maximum Gasteiger partial charge on any atom is 0.0629 e. The molecule has 6 rings (SSSR count). The van der Waals surface area contributed by atoms with Crippen LogP contribution >= 0.6 is 0 Å². The smallest absolute Gasteiger partial charge is 0.0629 e. The molecule has 0 spiro atoms. The molecule has 0 aliphatic heterocycles. The predicted molar refractivity (Wildman–Crippen MR) is 188 cm³/mol. The predicted octanol–water partition coefficient (Wildman–Crippen LogP) is 12.0. The first-order valence-electron chi connectivity index (χ1n) is 17.7. The summed E-state index contributed by atoms with van der Waals surface area (Å²) in [5.41, 5.74) is 9.13. The van der Waals surface area contributed by atoms with Crippen molar-refractivity contribution in [2.75, 3.05) is 0 Å². The van der Waals surface area contributed by atoms with Crippen LogP contribution in [0.2, 0.25) is 0 Å². The Hall–Kier alpha value is -4.10. The highest BCUT2D eigenvalue weighted by Gasteiger charge is 2.28. The molecule has 6 aromatic rings. The van der Waals surface area contributed by atoms with E-state index in [-0.39, 0.29) is 46.6 Å². The Morgan fingerprint density at radius 1 is 0.512 bits per heavy atom. The lowest BCUT2D eigenvalue weighted by molar-refractivity contribution is 0.569. The molecule has 0 aliphatic carbocycles. The quantitative estimate of drug-likeness (QED) is 0.200. The van der Waals surface area contributed by atoms with Crippen molar-refractivity contribution in [1.82, 2.24) is 4.57 Å². The van der Waals surface area contributed by atoms with Crippen LogP contribution in [-0.4, -0.2) is 4.57 Å². The number of para-hydroxylation sites is 1. The highest BCUT2D eigenvalue weighted by atomic mass is 15.0. The molecule has 0 bridgehead atoms. The maximum absolute atomic E-state index is 8.95. The number of benzene rings is 5. The van der Waals surface area contributed by atoms with Gasteiger partial charge in [-0.15, -0.1) is 0 Å². The molecule has 0 saturated heterocycles. The van der Waals surface area contributed by atoms with Gasteiger partial charge in [0.05, 0.1) is 17.9 Å². The van der Waals surface area contributed by atoms with Crippen molar-refractivity contribution in [3.05, 3.63) is 126 Å². The largest absolute Gasteiger partial charge is 0.309 e. The first-order chi connectivity index (χ1) is 22.3. The monoisotopic (exact) mass is 568 g/mol. The number of hydrogen-bond donors (Lipinski definition) is 0. The van der Waals surface area contributed by atoms with Crippen LogP contribution < -0.4 is 0 Å². The summed E-state index contributed by atoms with van der Waals surface area (Å²) in [5, 5.41) is 2.11. The number of fused-ring (bicyclic) bond motifs is 3. The third-order valence-corrected chi connectivity index (χ3v) is 8.47. The minimum atomic E-state index is -0.454. The van der Waals surface area contributed by atoms with Gasteiger partial charge in [-0.25, -0.2) is 0 Å². The van der Waals surface area contributed by atoms with Gasteiger partial charge in [-0.3, -0.25) is 0 Å². The molecule has 0 N–H and O–H groups in total. The molecule has 0 unspecified atom stereocenters. The number of nitrogens with zero attached hydrogens (tertiary/aromatic N) is 1. The van der Waals surface area contributed by atoms with E-state index < -0.39 is 5.41 Å². The molecule has 1 heteroatoms.